The molecular formula is C4H9O2P. The molecule has 0 N–H and O–H groups in total. The predicted molar refractivity (Wildman–Crippen MR) is 30.7 cm³/mol. The summed E-state index contributed by atoms with van der Waals surface area (Å²) in [6.07, 6.45) is 1.37. The summed E-state index contributed by atoms with van der Waals surface area (Å²) in [5, 5.41) is 0. The Balaban J connectivity index is 3.00. The first-order valence-electron chi connectivity index (χ1n) is 2.20. The Morgan fingerprint density at radius 1 is 1.86 bits per heavy atom. The standard InChI is InChI=1S/C4H9O2P/c1-2-3-4(5)6-7/h2-3,7H2,1H3. The molecule has 0 radical (unpaired) electrons. The minimum Gasteiger partial charge on any atom is -0.452 e. The molecule has 0 heterocycles. The maximum absolute atomic E-state index is 10.2. The number of carbonyl (C=O) groups is 1. The van der Waals surface area contributed by atoms with E-state index < -0.39 is 0 Å². The maximum Gasteiger partial charge on any atom is 0.307 e. The van der Waals surface area contributed by atoms with Gasteiger partial charge in [-0.25, -0.2) is 0 Å². The Kier molecular flexibility index (Phi) is 4.01. The lowest BCUT2D eigenvalue weighted by atomic mass is 10.4. The number of rotatable bonds is 2. The fourth-order valence-electron chi connectivity index (χ4n) is 0.263. The van der Waals surface area contributed by atoms with Crippen molar-refractivity contribution in [3.8, 4) is 0 Å². The molecule has 0 aromatic heterocycles. The molecule has 0 saturated heterocycles. The Hall–Kier alpha value is -0.100. The van der Waals surface area contributed by atoms with Crippen LogP contribution in [0.5, 0.6) is 0 Å². The highest BCUT2D eigenvalue weighted by Gasteiger charge is 1.92. The fraction of sp³-hybridized carbons (Fsp3) is 0.750. The van der Waals surface area contributed by atoms with E-state index in [-0.39, 0.29) is 5.97 Å². The molecule has 2 nitrogen and oxygen atoms in total. The quantitative estimate of drug-likeness (QED) is 0.510. The summed E-state index contributed by atoms with van der Waals surface area (Å²) in [5.41, 5.74) is 0. The fourth-order valence-corrected chi connectivity index (χ4v) is 0.381. The third kappa shape index (κ3) is 3.74. The third-order valence-electron chi connectivity index (χ3n) is 0.586. The largest absolute Gasteiger partial charge is 0.452 e. The van der Waals surface area contributed by atoms with Crippen molar-refractivity contribution in [2.24, 2.45) is 0 Å². The van der Waals surface area contributed by atoms with Gasteiger partial charge in [0.25, 0.3) is 0 Å². The number of hydrogen-bond acceptors (Lipinski definition) is 2. The average molecular weight is 120 g/mol. The Labute approximate surface area is 45.5 Å². The molecule has 0 bridgehead atoms. The van der Waals surface area contributed by atoms with Gasteiger partial charge in [-0.2, -0.15) is 0 Å². The zero-order chi connectivity index (χ0) is 5.70. The smallest absolute Gasteiger partial charge is 0.307 e. The molecule has 3 heteroatoms. The van der Waals surface area contributed by atoms with Gasteiger partial charge in [0.1, 0.15) is 0 Å². The predicted octanol–water partition coefficient (Wildman–Crippen LogP) is 1.12. The molecule has 0 saturated carbocycles. The van der Waals surface area contributed by atoms with Crippen molar-refractivity contribution in [2.45, 2.75) is 19.8 Å². The Morgan fingerprint density at radius 3 is 2.57 bits per heavy atom. The summed E-state index contributed by atoms with van der Waals surface area (Å²) in [5.74, 6) is -0.160. The van der Waals surface area contributed by atoms with Crippen LogP contribution in [0.1, 0.15) is 19.8 Å². The van der Waals surface area contributed by atoms with E-state index in [1.54, 1.807) is 0 Å². The molecule has 42 valence electrons. The van der Waals surface area contributed by atoms with E-state index >= 15 is 0 Å². The van der Waals surface area contributed by atoms with Crippen LogP contribution in [0.4, 0.5) is 0 Å². The van der Waals surface area contributed by atoms with Crippen molar-refractivity contribution in [3.63, 3.8) is 0 Å². The molecule has 0 aromatic rings. The van der Waals surface area contributed by atoms with Crippen molar-refractivity contribution in [1.82, 2.24) is 0 Å². The van der Waals surface area contributed by atoms with Crippen LogP contribution < -0.4 is 0 Å². The van der Waals surface area contributed by atoms with Crippen LogP contribution in [0.2, 0.25) is 0 Å². The van der Waals surface area contributed by atoms with Gasteiger partial charge in [0.15, 0.2) is 0 Å². The van der Waals surface area contributed by atoms with Gasteiger partial charge in [-0.1, -0.05) is 6.92 Å². The molecule has 0 aromatic carbocycles. The normalized spacial score (nSPS) is 8.29. The summed E-state index contributed by atoms with van der Waals surface area (Å²) in [6, 6.07) is 0. The molecule has 0 aliphatic carbocycles. The van der Waals surface area contributed by atoms with Crippen molar-refractivity contribution in [2.75, 3.05) is 0 Å². The molecule has 0 aliphatic heterocycles. The van der Waals surface area contributed by atoms with Crippen LogP contribution in [-0.2, 0) is 9.32 Å². The van der Waals surface area contributed by atoms with Crippen LogP contribution in [0, 0.1) is 0 Å². The second kappa shape index (κ2) is 4.07. The van der Waals surface area contributed by atoms with Gasteiger partial charge in [-0.05, 0) is 6.42 Å². The van der Waals surface area contributed by atoms with E-state index in [0.717, 1.165) is 6.42 Å². The Bertz CT molecular complexity index is 62.7. The first-order chi connectivity index (χ1) is 3.31. The van der Waals surface area contributed by atoms with E-state index in [9.17, 15) is 4.79 Å². The van der Waals surface area contributed by atoms with Crippen molar-refractivity contribution < 1.29 is 9.32 Å². The van der Waals surface area contributed by atoms with Gasteiger partial charge in [0, 0.05) is 6.42 Å². The molecule has 0 aliphatic rings. The molecule has 0 spiro atoms. The lowest BCUT2D eigenvalue weighted by molar-refractivity contribution is -0.133. The topological polar surface area (TPSA) is 26.3 Å². The molecule has 0 fully saturated rings. The van der Waals surface area contributed by atoms with Crippen LogP contribution in [0.3, 0.4) is 0 Å². The summed E-state index contributed by atoms with van der Waals surface area (Å²) >= 11 is 0. The molecule has 0 rings (SSSR count). The summed E-state index contributed by atoms with van der Waals surface area (Å²) in [4.78, 5) is 10.2. The van der Waals surface area contributed by atoms with E-state index in [0.29, 0.717) is 6.42 Å². The van der Waals surface area contributed by atoms with Crippen LogP contribution in [0.25, 0.3) is 0 Å². The summed E-state index contributed by atoms with van der Waals surface area (Å²) in [7, 11) is 1.92. The first-order valence-corrected chi connectivity index (χ1v) is 2.68. The molecule has 0 amide bonds. The first kappa shape index (κ1) is 6.90. The van der Waals surface area contributed by atoms with E-state index in [1.807, 2.05) is 16.4 Å². The molecular weight excluding hydrogens is 111 g/mol. The Morgan fingerprint density at radius 2 is 2.43 bits per heavy atom. The monoisotopic (exact) mass is 120 g/mol. The van der Waals surface area contributed by atoms with Crippen LogP contribution in [-0.4, -0.2) is 5.97 Å². The lowest BCUT2D eigenvalue weighted by Gasteiger charge is -1.90. The second-order valence-electron chi connectivity index (χ2n) is 1.24. The highest BCUT2D eigenvalue weighted by Crippen LogP contribution is 1.93. The third-order valence-corrected chi connectivity index (χ3v) is 0.848. The van der Waals surface area contributed by atoms with E-state index in [1.165, 1.54) is 0 Å². The number of hydrogen-bond donors (Lipinski definition) is 0. The summed E-state index contributed by atoms with van der Waals surface area (Å²) < 4.78 is 4.27. The maximum atomic E-state index is 10.2. The second-order valence-corrected chi connectivity index (χ2v) is 1.48. The van der Waals surface area contributed by atoms with Crippen molar-refractivity contribution >= 4 is 15.4 Å². The molecule has 7 heavy (non-hydrogen) atoms. The summed E-state index contributed by atoms with van der Waals surface area (Å²) in [6.45, 7) is 1.93. The zero-order valence-corrected chi connectivity index (χ0v) is 5.46. The van der Waals surface area contributed by atoms with Gasteiger partial charge in [0.2, 0.25) is 0 Å². The van der Waals surface area contributed by atoms with Gasteiger partial charge < -0.3 is 4.52 Å². The van der Waals surface area contributed by atoms with Gasteiger partial charge in [-0.3, -0.25) is 4.79 Å². The molecule has 1 unspecified atom stereocenters. The SMILES string of the molecule is CCCC(=O)OP. The highest BCUT2D eigenvalue weighted by molar-refractivity contribution is 7.10. The van der Waals surface area contributed by atoms with E-state index in [2.05, 4.69) is 4.52 Å². The number of carbonyl (C=O) groups excluding carboxylic acids is 1. The van der Waals surface area contributed by atoms with Crippen molar-refractivity contribution in [3.05, 3.63) is 0 Å². The lowest BCUT2D eigenvalue weighted by Crippen LogP contribution is -1.92. The van der Waals surface area contributed by atoms with Gasteiger partial charge in [-0.15, -0.1) is 0 Å². The highest BCUT2D eigenvalue weighted by atomic mass is 31.0. The van der Waals surface area contributed by atoms with Crippen LogP contribution in [0.15, 0.2) is 0 Å². The average Bonchev–Trinajstić information content (AvgIpc) is 1.68. The van der Waals surface area contributed by atoms with Crippen molar-refractivity contribution in [1.29, 1.82) is 0 Å². The molecule has 1 atom stereocenters. The van der Waals surface area contributed by atoms with Crippen LogP contribution >= 0.6 is 9.47 Å². The van der Waals surface area contributed by atoms with Gasteiger partial charge in [0.05, 0.1) is 9.47 Å². The minimum atomic E-state index is -0.160. The van der Waals surface area contributed by atoms with E-state index in [4.69, 9.17) is 0 Å². The van der Waals surface area contributed by atoms with Gasteiger partial charge >= 0.3 is 5.97 Å². The minimum absolute atomic E-state index is 0.160. The zero-order valence-electron chi connectivity index (χ0n) is 4.31.